The second-order valence-electron chi connectivity index (χ2n) is 6.05. The molecule has 0 aromatic carbocycles. The molecular formula is C14H23NO2. The third-order valence-electron chi connectivity index (χ3n) is 4.41. The zero-order valence-electron chi connectivity index (χ0n) is 11.1. The molecule has 3 atom stereocenters. The Morgan fingerprint density at radius 3 is 2.24 bits per heavy atom. The van der Waals surface area contributed by atoms with E-state index >= 15 is 0 Å². The van der Waals surface area contributed by atoms with Crippen molar-refractivity contribution in [2.75, 3.05) is 0 Å². The van der Waals surface area contributed by atoms with E-state index in [0.717, 1.165) is 12.8 Å². The van der Waals surface area contributed by atoms with Crippen LogP contribution in [0.15, 0.2) is 0 Å². The lowest BCUT2D eigenvalue weighted by Gasteiger charge is -2.41. The lowest BCUT2D eigenvalue weighted by molar-refractivity contribution is -0.144. The molecule has 0 radical (unpaired) electrons. The van der Waals surface area contributed by atoms with Gasteiger partial charge in [0.15, 0.2) is 0 Å². The van der Waals surface area contributed by atoms with Crippen molar-refractivity contribution in [3.63, 3.8) is 0 Å². The van der Waals surface area contributed by atoms with E-state index in [2.05, 4.69) is 20.8 Å². The van der Waals surface area contributed by atoms with Crippen LogP contribution in [0.2, 0.25) is 0 Å². The Morgan fingerprint density at radius 1 is 1.12 bits per heavy atom. The first-order valence-electron chi connectivity index (χ1n) is 6.85. The fraction of sp³-hybridized carbons (Fsp3) is 0.857. The van der Waals surface area contributed by atoms with Gasteiger partial charge in [-0.25, -0.2) is 0 Å². The average Bonchev–Trinajstić information content (AvgIpc) is 2.58. The molecule has 1 aliphatic carbocycles. The highest BCUT2D eigenvalue weighted by Crippen LogP contribution is 2.38. The molecule has 1 saturated heterocycles. The Hall–Kier alpha value is -0.860. The number of hydrogen-bond donors (Lipinski definition) is 0. The second kappa shape index (κ2) is 4.79. The van der Waals surface area contributed by atoms with Crippen molar-refractivity contribution in [1.29, 1.82) is 0 Å². The first-order valence-corrected chi connectivity index (χ1v) is 6.85. The van der Waals surface area contributed by atoms with Crippen LogP contribution in [0.1, 0.15) is 52.9 Å². The Bertz CT molecular complexity index is 308. The summed E-state index contributed by atoms with van der Waals surface area (Å²) in [5.41, 5.74) is 0. The van der Waals surface area contributed by atoms with E-state index in [1.807, 2.05) is 0 Å². The summed E-state index contributed by atoms with van der Waals surface area (Å²) in [5, 5.41) is 0. The molecule has 3 heteroatoms. The maximum Gasteiger partial charge on any atom is 0.229 e. The average molecular weight is 237 g/mol. The van der Waals surface area contributed by atoms with Crippen LogP contribution >= 0.6 is 0 Å². The van der Waals surface area contributed by atoms with Gasteiger partial charge in [0.1, 0.15) is 0 Å². The van der Waals surface area contributed by atoms with Gasteiger partial charge in [0.25, 0.3) is 0 Å². The number of carbonyl (C=O) groups is 2. The Kier molecular flexibility index (Phi) is 3.55. The lowest BCUT2D eigenvalue weighted by Crippen LogP contribution is -2.48. The number of hydrogen-bond acceptors (Lipinski definition) is 2. The van der Waals surface area contributed by atoms with Crippen molar-refractivity contribution in [2.24, 2.45) is 17.8 Å². The fourth-order valence-corrected chi connectivity index (χ4v) is 3.41. The van der Waals surface area contributed by atoms with Crippen molar-refractivity contribution in [2.45, 2.75) is 58.9 Å². The molecule has 0 spiro atoms. The van der Waals surface area contributed by atoms with Gasteiger partial charge in [0.2, 0.25) is 11.8 Å². The fourth-order valence-electron chi connectivity index (χ4n) is 3.41. The van der Waals surface area contributed by atoms with Crippen LogP contribution in [-0.2, 0) is 9.59 Å². The minimum absolute atomic E-state index is 0.0553. The van der Waals surface area contributed by atoms with Gasteiger partial charge in [0.05, 0.1) is 0 Å². The minimum atomic E-state index is 0.0553. The molecule has 2 aliphatic rings. The highest BCUT2D eigenvalue weighted by atomic mass is 16.2. The number of carbonyl (C=O) groups excluding carboxylic acids is 2. The van der Waals surface area contributed by atoms with Gasteiger partial charge in [-0.2, -0.15) is 0 Å². The largest absolute Gasteiger partial charge is 0.279 e. The zero-order chi connectivity index (χ0) is 12.6. The number of imide groups is 1. The summed E-state index contributed by atoms with van der Waals surface area (Å²) in [6.07, 6.45) is 4.24. The SMILES string of the molecule is CC1CCC(C(C)C)C(N2C(=O)CCC2=O)C1. The van der Waals surface area contributed by atoms with E-state index < -0.39 is 0 Å². The quantitative estimate of drug-likeness (QED) is 0.692. The van der Waals surface area contributed by atoms with Gasteiger partial charge in [-0.1, -0.05) is 27.2 Å². The molecule has 2 rings (SSSR count). The predicted octanol–water partition coefficient (Wildman–Crippen LogP) is 2.60. The van der Waals surface area contributed by atoms with Crippen molar-refractivity contribution in [3.05, 3.63) is 0 Å². The molecule has 0 N–H and O–H groups in total. The van der Waals surface area contributed by atoms with E-state index in [-0.39, 0.29) is 17.9 Å². The summed E-state index contributed by atoms with van der Waals surface area (Å²) in [6.45, 7) is 6.64. The van der Waals surface area contributed by atoms with Crippen LogP contribution in [0.3, 0.4) is 0 Å². The highest BCUT2D eigenvalue weighted by Gasteiger charge is 2.42. The number of nitrogens with zero attached hydrogens (tertiary/aromatic N) is 1. The summed E-state index contributed by atoms with van der Waals surface area (Å²) in [4.78, 5) is 25.3. The predicted molar refractivity (Wildman–Crippen MR) is 66.2 cm³/mol. The van der Waals surface area contributed by atoms with Gasteiger partial charge in [0, 0.05) is 18.9 Å². The molecule has 96 valence electrons. The van der Waals surface area contributed by atoms with Crippen LogP contribution in [-0.4, -0.2) is 22.8 Å². The van der Waals surface area contributed by atoms with E-state index in [9.17, 15) is 9.59 Å². The molecule has 0 aromatic rings. The summed E-state index contributed by atoms with van der Waals surface area (Å²) in [5.74, 6) is 1.79. The maximum atomic E-state index is 11.9. The first-order chi connectivity index (χ1) is 8.00. The molecule has 1 heterocycles. The monoisotopic (exact) mass is 237 g/mol. The summed E-state index contributed by atoms with van der Waals surface area (Å²) in [6, 6.07) is 0.168. The number of amides is 2. The molecule has 3 nitrogen and oxygen atoms in total. The zero-order valence-corrected chi connectivity index (χ0v) is 11.1. The van der Waals surface area contributed by atoms with Gasteiger partial charge in [-0.15, -0.1) is 0 Å². The third-order valence-corrected chi connectivity index (χ3v) is 4.41. The van der Waals surface area contributed by atoms with Crippen molar-refractivity contribution in [1.82, 2.24) is 4.90 Å². The highest BCUT2D eigenvalue weighted by molar-refractivity contribution is 6.02. The topological polar surface area (TPSA) is 37.4 Å². The standard InChI is InChI=1S/C14H23NO2/c1-9(2)11-5-4-10(3)8-12(11)15-13(16)6-7-14(15)17/h9-12H,4-8H2,1-3H3. The minimum Gasteiger partial charge on any atom is -0.279 e. The Morgan fingerprint density at radius 2 is 1.71 bits per heavy atom. The molecule has 2 fully saturated rings. The van der Waals surface area contributed by atoms with Crippen molar-refractivity contribution >= 4 is 11.8 Å². The van der Waals surface area contributed by atoms with Crippen LogP contribution < -0.4 is 0 Å². The lowest BCUT2D eigenvalue weighted by atomic mass is 9.73. The Labute approximate surface area is 104 Å². The maximum absolute atomic E-state index is 11.9. The van der Waals surface area contributed by atoms with Gasteiger partial charge in [-0.05, 0) is 30.6 Å². The third kappa shape index (κ3) is 2.38. The van der Waals surface area contributed by atoms with Crippen molar-refractivity contribution < 1.29 is 9.59 Å². The molecule has 0 aromatic heterocycles. The number of rotatable bonds is 2. The smallest absolute Gasteiger partial charge is 0.229 e. The molecule has 2 amide bonds. The normalized spacial score (nSPS) is 34.8. The molecule has 1 saturated carbocycles. The number of likely N-dealkylation sites (tertiary alicyclic amines) is 1. The van der Waals surface area contributed by atoms with Gasteiger partial charge in [-0.3, -0.25) is 14.5 Å². The van der Waals surface area contributed by atoms with E-state index in [1.54, 1.807) is 4.90 Å². The molecule has 3 unspecified atom stereocenters. The summed E-state index contributed by atoms with van der Waals surface area (Å²) in [7, 11) is 0. The summed E-state index contributed by atoms with van der Waals surface area (Å²) < 4.78 is 0. The first kappa shape index (κ1) is 12.6. The van der Waals surface area contributed by atoms with Crippen LogP contribution in [0.25, 0.3) is 0 Å². The molecule has 0 bridgehead atoms. The van der Waals surface area contributed by atoms with Gasteiger partial charge >= 0.3 is 0 Å². The van der Waals surface area contributed by atoms with Crippen LogP contribution in [0.5, 0.6) is 0 Å². The second-order valence-corrected chi connectivity index (χ2v) is 6.05. The molecule has 1 aliphatic heterocycles. The van der Waals surface area contributed by atoms with Crippen molar-refractivity contribution in [3.8, 4) is 0 Å². The van der Waals surface area contributed by atoms with Crippen LogP contribution in [0.4, 0.5) is 0 Å². The van der Waals surface area contributed by atoms with E-state index in [1.165, 1.54) is 6.42 Å². The van der Waals surface area contributed by atoms with E-state index in [4.69, 9.17) is 0 Å². The van der Waals surface area contributed by atoms with Gasteiger partial charge < -0.3 is 0 Å². The Balaban J connectivity index is 2.19. The van der Waals surface area contributed by atoms with Crippen LogP contribution in [0, 0.1) is 17.8 Å². The molecule has 17 heavy (non-hydrogen) atoms. The molecular weight excluding hydrogens is 214 g/mol. The summed E-state index contributed by atoms with van der Waals surface area (Å²) >= 11 is 0. The van der Waals surface area contributed by atoms with E-state index in [0.29, 0.717) is 30.6 Å².